The van der Waals surface area contributed by atoms with Crippen molar-refractivity contribution in [3.05, 3.63) is 27.6 Å². The number of non-ortho nitro benzene ring substituents is 1. The Kier molecular flexibility index (Phi) is 3.90. The lowest BCUT2D eigenvalue weighted by molar-refractivity contribution is -0.383. The molecule has 116 valence electrons. The minimum Gasteiger partial charge on any atom is -0.382 e. The number of fused-ring (bicyclic) bond motifs is 1. The van der Waals surface area contributed by atoms with E-state index in [1.54, 1.807) is 6.07 Å². The number of halogens is 3. The molecule has 0 aliphatic rings. The summed E-state index contributed by atoms with van der Waals surface area (Å²) in [4.78, 5) is 15.5. The summed E-state index contributed by atoms with van der Waals surface area (Å²) in [5, 5.41) is 22.9. The van der Waals surface area contributed by atoms with E-state index < -0.39 is 22.6 Å². The van der Waals surface area contributed by atoms with Crippen LogP contribution in [-0.2, 0) is 6.18 Å². The molecule has 0 spiro atoms. The second-order valence-electron chi connectivity index (χ2n) is 4.42. The Balaban J connectivity index is 2.81. The lowest BCUT2D eigenvalue weighted by Gasteiger charge is -2.07. The first-order chi connectivity index (χ1) is 10.3. The van der Waals surface area contributed by atoms with Crippen LogP contribution < -0.4 is 5.32 Å². The van der Waals surface area contributed by atoms with Crippen LogP contribution in [0, 0.1) is 21.4 Å². The number of nitrogens with one attached hydrogen (secondary N) is 2. The van der Waals surface area contributed by atoms with Gasteiger partial charge in [0.05, 0.1) is 16.2 Å². The van der Waals surface area contributed by atoms with Gasteiger partial charge in [0.2, 0.25) is 5.82 Å². The fraction of sp³-hybridized carbons (Fsp3) is 0.333. The maximum atomic E-state index is 12.8. The summed E-state index contributed by atoms with van der Waals surface area (Å²) in [5.41, 5.74) is -1.34. The van der Waals surface area contributed by atoms with Gasteiger partial charge in [-0.1, -0.05) is 6.92 Å². The van der Waals surface area contributed by atoms with Crippen molar-refractivity contribution in [2.45, 2.75) is 19.5 Å². The highest BCUT2D eigenvalue weighted by molar-refractivity contribution is 5.97. The molecular weight excluding hydrogens is 303 g/mol. The summed E-state index contributed by atoms with van der Waals surface area (Å²) in [6.07, 6.45) is -4.12. The number of nitriles is 1. The molecule has 0 radical (unpaired) electrons. The highest BCUT2D eigenvalue weighted by Crippen LogP contribution is 2.36. The fourth-order valence-corrected chi connectivity index (χ4v) is 1.94. The van der Waals surface area contributed by atoms with Crippen molar-refractivity contribution in [1.82, 2.24) is 9.97 Å². The summed E-state index contributed by atoms with van der Waals surface area (Å²) in [6.45, 7) is 2.21. The van der Waals surface area contributed by atoms with Crippen LogP contribution in [0.3, 0.4) is 0 Å². The molecule has 1 aromatic heterocycles. The van der Waals surface area contributed by atoms with E-state index in [2.05, 4.69) is 10.3 Å². The number of rotatable bonds is 4. The number of nitro groups is 1. The first-order valence-electron chi connectivity index (χ1n) is 6.21. The van der Waals surface area contributed by atoms with Crippen molar-refractivity contribution < 1.29 is 18.1 Å². The highest BCUT2D eigenvalue weighted by atomic mass is 19.4. The van der Waals surface area contributed by atoms with Gasteiger partial charge < -0.3 is 10.3 Å². The molecule has 0 unspecified atom stereocenters. The number of hydrogen-bond donors (Lipinski definition) is 2. The van der Waals surface area contributed by atoms with Gasteiger partial charge in [-0.3, -0.25) is 10.1 Å². The summed E-state index contributed by atoms with van der Waals surface area (Å²) in [7, 11) is 0. The van der Waals surface area contributed by atoms with Crippen molar-refractivity contribution >= 4 is 22.4 Å². The average Bonchev–Trinajstić information content (AvgIpc) is 2.88. The van der Waals surface area contributed by atoms with Crippen LogP contribution in [-0.4, -0.2) is 21.4 Å². The third-order valence-electron chi connectivity index (χ3n) is 2.88. The van der Waals surface area contributed by atoms with Crippen molar-refractivity contribution in [3.8, 4) is 6.07 Å². The largest absolute Gasteiger partial charge is 0.449 e. The van der Waals surface area contributed by atoms with Crippen molar-refractivity contribution in [1.29, 1.82) is 5.26 Å². The standard InChI is InChI=1S/C12H10F3N5O2/c1-2-3-17-8-6(5-16)4-7(20(21)22)9-10(8)19-11(18-9)12(13,14)15/h4,17H,2-3H2,1H3,(H,18,19). The van der Waals surface area contributed by atoms with Gasteiger partial charge in [-0.2, -0.15) is 18.4 Å². The van der Waals surface area contributed by atoms with Crippen LogP contribution in [0.15, 0.2) is 6.07 Å². The van der Waals surface area contributed by atoms with Crippen LogP contribution in [0.2, 0.25) is 0 Å². The number of H-pyrrole nitrogens is 1. The molecule has 2 N–H and O–H groups in total. The molecule has 1 heterocycles. The fourth-order valence-electron chi connectivity index (χ4n) is 1.94. The molecule has 0 aliphatic heterocycles. The third kappa shape index (κ3) is 2.65. The number of nitro benzene ring substituents is 1. The van der Waals surface area contributed by atoms with E-state index in [1.807, 2.05) is 11.9 Å². The second-order valence-corrected chi connectivity index (χ2v) is 4.42. The maximum absolute atomic E-state index is 12.8. The van der Waals surface area contributed by atoms with E-state index in [0.29, 0.717) is 13.0 Å². The Morgan fingerprint density at radius 2 is 2.23 bits per heavy atom. The minimum atomic E-state index is -4.78. The normalized spacial score (nSPS) is 11.4. The molecular formula is C12H10F3N5O2. The molecule has 2 aromatic rings. The van der Waals surface area contributed by atoms with Crippen LogP contribution in [0.4, 0.5) is 24.5 Å². The SMILES string of the molecule is CCCNc1c(C#N)cc([N+](=O)[O-])c2[nH]c(C(F)(F)F)nc12. The predicted molar refractivity (Wildman–Crippen MR) is 71.2 cm³/mol. The van der Waals surface area contributed by atoms with E-state index in [-0.39, 0.29) is 22.3 Å². The van der Waals surface area contributed by atoms with Crippen molar-refractivity contribution in [2.75, 3.05) is 11.9 Å². The smallest absolute Gasteiger partial charge is 0.382 e. The molecule has 22 heavy (non-hydrogen) atoms. The Hall–Kier alpha value is -2.83. The van der Waals surface area contributed by atoms with E-state index in [1.165, 1.54) is 0 Å². The third-order valence-corrected chi connectivity index (χ3v) is 2.88. The van der Waals surface area contributed by atoms with E-state index in [4.69, 9.17) is 5.26 Å². The van der Waals surface area contributed by atoms with Gasteiger partial charge in [-0.25, -0.2) is 4.98 Å². The number of anilines is 1. The molecule has 0 bridgehead atoms. The monoisotopic (exact) mass is 313 g/mol. The second kappa shape index (κ2) is 5.51. The number of benzene rings is 1. The molecule has 10 heteroatoms. The van der Waals surface area contributed by atoms with Crippen LogP contribution in [0.1, 0.15) is 24.7 Å². The lowest BCUT2D eigenvalue weighted by atomic mass is 10.1. The molecule has 0 saturated carbocycles. The van der Waals surface area contributed by atoms with Crippen LogP contribution >= 0.6 is 0 Å². The number of imidazole rings is 1. The number of aromatic amines is 1. The van der Waals surface area contributed by atoms with E-state index in [0.717, 1.165) is 6.07 Å². The van der Waals surface area contributed by atoms with Crippen molar-refractivity contribution in [2.24, 2.45) is 0 Å². The minimum absolute atomic E-state index is 0.0525. The first-order valence-corrected chi connectivity index (χ1v) is 6.21. The summed E-state index contributed by atoms with van der Waals surface area (Å²) in [5.74, 6) is -1.35. The van der Waals surface area contributed by atoms with Gasteiger partial charge in [0.15, 0.2) is 0 Å². The number of nitrogens with zero attached hydrogens (tertiary/aromatic N) is 3. The number of hydrogen-bond acceptors (Lipinski definition) is 5. The molecule has 0 aliphatic carbocycles. The molecule has 0 atom stereocenters. The van der Waals surface area contributed by atoms with E-state index >= 15 is 0 Å². The lowest BCUT2D eigenvalue weighted by Crippen LogP contribution is -2.07. The molecule has 0 saturated heterocycles. The Labute approximate surface area is 121 Å². The summed E-state index contributed by atoms with van der Waals surface area (Å²) < 4.78 is 38.3. The Morgan fingerprint density at radius 1 is 1.55 bits per heavy atom. The van der Waals surface area contributed by atoms with Gasteiger partial charge >= 0.3 is 6.18 Å². The topological polar surface area (TPSA) is 108 Å². The van der Waals surface area contributed by atoms with Gasteiger partial charge in [0.25, 0.3) is 5.69 Å². The zero-order valence-corrected chi connectivity index (χ0v) is 11.3. The molecule has 1 aromatic carbocycles. The quantitative estimate of drug-likeness (QED) is 0.665. The molecule has 7 nitrogen and oxygen atoms in total. The predicted octanol–water partition coefficient (Wildman–Crippen LogP) is 3.18. The maximum Gasteiger partial charge on any atom is 0.449 e. The molecule has 0 amide bonds. The Bertz CT molecular complexity index is 776. The molecule has 2 rings (SSSR count). The van der Waals surface area contributed by atoms with Crippen LogP contribution in [0.25, 0.3) is 11.0 Å². The molecule has 0 fully saturated rings. The van der Waals surface area contributed by atoms with Gasteiger partial charge in [-0.05, 0) is 6.42 Å². The zero-order valence-electron chi connectivity index (χ0n) is 11.3. The summed E-state index contributed by atoms with van der Waals surface area (Å²) >= 11 is 0. The van der Waals surface area contributed by atoms with Gasteiger partial charge in [0, 0.05) is 12.6 Å². The zero-order chi connectivity index (χ0) is 16.5. The average molecular weight is 313 g/mol. The van der Waals surface area contributed by atoms with Crippen molar-refractivity contribution in [3.63, 3.8) is 0 Å². The van der Waals surface area contributed by atoms with Gasteiger partial charge in [0.1, 0.15) is 17.1 Å². The van der Waals surface area contributed by atoms with Gasteiger partial charge in [-0.15, -0.1) is 0 Å². The Morgan fingerprint density at radius 3 is 2.73 bits per heavy atom. The summed E-state index contributed by atoms with van der Waals surface area (Å²) in [6, 6.07) is 2.67. The number of alkyl halides is 3. The number of aromatic nitrogens is 2. The first kappa shape index (κ1) is 15.6. The van der Waals surface area contributed by atoms with E-state index in [9.17, 15) is 23.3 Å². The van der Waals surface area contributed by atoms with Crippen LogP contribution in [0.5, 0.6) is 0 Å². The highest BCUT2D eigenvalue weighted by Gasteiger charge is 2.36.